The van der Waals surface area contributed by atoms with Crippen molar-refractivity contribution in [1.82, 2.24) is 14.5 Å². The monoisotopic (exact) mass is 589 g/mol. The summed E-state index contributed by atoms with van der Waals surface area (Å²) in [5, 5.41) is 7.58. The number of methoxy groups -OCH3 is 1. The number of hydrogen-bond acceptors (Lipinski definition) is 9. The maximum Gasteiger partial charge on any atom is 0.252 e. The van der Waals surface area contributed by atoms with Gasteiger partial charge in [0.2, 0.25) is 5.91 Å². The highest BCUT2D eigenvalue weighted by atomic mass is 35.5. The van der Waals surface area contributed by atoms with Crippen LogP contribution in [0.1, 0.15) is 24.4 Å². The third-order valence-electron chi connectivity index (χ3n) is 7.20. The second-order valence-corrected chi connectivity index (χ2v) is 10.3. The van der Waals surface area contributed by atoms with E-state index in [-0.39, 0.29) is 12.5 Å². The van der Waals surface area contributed by atoms with Crippen LogP contribution in [0.3, 0.4) is 0 Å². The molecule has 2 atom stereocenters. The summed E-state index contributed by atoms with van der Waals surface area (Å²) in [5.74, 6) is -0.0116. The van der Waals surface area contributed by atoms with Gasteiger partial charge in [0.15, 0.2) is 0 Å². The second-order valence-electron chi connectivity index (χ2n) is 9.88. The van der Waals surface area contributed by atoms with E-state index in [0.29, 0.717) is 71.5 Å². The third kappa shape index (κ3) is 5.85. The molecule has 4 aromatic rings. The van der Waals surface area contributed by atoms with Crippen LogP contribution in [0.25, 0.3) is 22.2 Å². The van der Waals surface area contributed by atoms with Gasteiger partial charge in [-0.05, 0) is 35.9 Å². The Morgan fingerprint density at radius 2 is 1.93 bits per heavy atom. The zero-order valence-electron chi connectivity index (χ0n) is 22.8. The number of rotatable bonds is 8. The smallest absolute Gasteiger partial charge is 0.252 e. The highest BCUT2D eigenvalue weighted by molar-refractivity contribution is 6.31. The van der Waals surface area contributed by atoms with E-state index in [1.807, 2.05) is 6.07 Å². The number of carbonyl (C=O) groups is 1. The average Bonchev–Trinajstić information content (AvgIpc) is 3.55. The molecule has 0 saturated carbocycles. The molecule has 2 aromatic carbocycles. The first kappa shape index (κ1) is 27.8. The van der Waals surface area contributed by atoms with E-state index >= 15 is 0 Å². The Balaban J connectivity index is 1.39. The van der Waals surface area contributed by atoms with Crippen molar-refractivity contribution in [1.29, 1.82) is 0 Å². The van der Waals surface area contributed by atoms with Gasteiger partial charge in [0.05, 0.1) is 56.0 Å². The Morgan fingerprint density at radius 1 is 1.07 bits per heavy atom. The van der Waals surface area contributed by atoms with Crippen molar-refractivity contribution < 1.29 is 23.8 Å². The van der Waals surface area contributed by atoms with Gasteiger partial charge in [0, 0.05) is 53.1 Å². The number of anilines is 1. The average molecular weight is 590 g/mol. The summed E-state index contributed by atoms with van der Waals surface area (Å²) in [6.07, 6.45) is 5.19. The van der Waals surface area contributed by atoms with Crippen molar-refractivity contribution in [3.63, 3.8) is 0 Å². The lowest BCUT2D eigenvalue weighted by Gasteiger charge is -2.28. The molecule has 1 amide bonds. The lowest BCUT2D eigenvalue weighted by atomic mass is 9.95. The van der Waals surface area contributed by atoms with Crippen LogP contribution in [-0.2, 0) is 19.1 Å². The Kier molecular flexibility index (Phi) is 8.13. The summed E-state index contributed by atoms with van der Waals surface area (Å²) in [4.78, 5) is 41.4. The predicted molar refractivity (Wildman–Crippen MR) is 157 cm³/mol. The number of amides is 1. The van der Waals surface area contributed by atoms with Crippen LogP contribution < -0.4 is 15.6 Å². The van der Waals surface area contributed by atoms with Crippen LogP contribution in [0.5, 0.6) is 5.75 Å². The van der Waals surface area contributed by atoms with E-state index in [9.17, 15) is 9.59 Å². The summed E-state index contributed by atoms with van der Waals surface area (Å²) in [7, 11) is 1.51. The van der Waals surface area contributed by atoms with Crippen molar-refractivity contribution in [2.24, 2.45) is 5.16 Å². The van der Waals surface area contributed by atoms with Crippen LogP contribution in [-0.4, -0.2) is 65.8 Å². The number of oxime groups is 1. The number of ether oxygens (including phenoxy) is 3. The van der Waals surface area contributed by atoms with Crippen LogP contribution in [0, 0.1) is 0 Å². The topological polar surface area (TPSA) is 126 Å². The minimum absolute atomic E-state index is 0.207. The van der Waals surface area contributed by atoms with Gasteiger partial charge in [-0.15, -0.1) is 0 Å². The first-order chi connectivity index (χ1) is 20.5. The van der Waals surface area contributed by atoms with E-state index in [0.717, 1.165) is 11.3 Å². The third-order valence-corrected chi connectivity index (χ3v) is 7.43. The maximum absolute atomic E-state index is 13.8. The van der Waals surface area contributed by atoms with Gasteiger partial charge in [-0.1, -0.05) is 22.8 Å². The number of hydrogen-bond donors (Lipinski definition) is 1. The Hall–Kier alpha value is -4.32. The lowest BCUT2D eigenvalue weighted by molar-refractivity contribution is -0.124. The molecule has 1 N–H and O–H groups in total. The van der Waals surface area contributed by atoms with Crippen molar-refractivity contribution in [3.8, 4) is 16.9 Å². The molecule has 0 spiro atoms. The molecule has 4 heterocycles. The Bertz CT molecular complexity index is 1720. The van der Waals surface area contributed by atoms with Crippen molar-refractivity contribution >= 4 is 39.9 Å². The van der Waals surface area contributed by atoms with Crippen LogP contribution in [0.4, 0.5) is 5.69 Å². The standard InChI is InChI=1S/C30H28ClN5O6/c1-39-28-16-36(29(37)15-23(28)22-12-18(31)2-4-21(22)24-6-9-42-35-24)27(14-20-17-40-10-11-41-20)30(38)34-19-3-5-25-26(13-19)33-8-7-32-25/h2-5,7-8,12-13,15-16,20,27H,6,9-11,14,17H2,1H3,(H,34,38). The normalized spacial score (nSPS) is 17.4. The molecule has 12 heteroatoms. The minimum Gasteiger partial charge on any atom is -0.495 e. The van der Waals surface area contributed by atoms with Gasteiger partial charge >= 0.3 is 0 Å². The molecular formula is C30H28ClN5O6. The van der Waals surface area contributed by atoms with Crippen molar-refractivity contribution in [2.75, 3.05) is 38.9 Å². The number of benzene rings is 2. The molecule has 42 heavy (non-hydrogen) atoms. The molecule has 11 nitrogen and oxygen atoms in total. The molecule has 0 radical (unpaired) electrons. The first-order valence-corrected chi connectivity index (χ1v) is 13.9. The van der Waals surface area contributed by atoms with Crippen molar-refractivity contribution in [2.45, 2.75) is 25.0 Å². The minimum atomic E-state index is -0.934. The molecule has 216 valence electrons. The van der Waals surface area contributed by atoms with E-state index < -0.39 is 17.5 Å². The summed E-state index contributed by atoms with van der Waals surface area (Å²) in [6, 6.07) is 11.1. The zero-order valence-corrected chi connectivity index (χ0v) is 23.5. The quantitative estimate of drug-likeness (QED) is 0.324. The fourth-order valence-corrected chi connectivity index (χ4v) is 5.34. The molecular weight excluding hydrogens is 562 g/mol. The van der Waals surface area contributed by atoms with Gasteiger partial charge in [-0.25, -0.2) is 0 Å². The van der Waals surface area contributed by atoms with E-state index in [2.05, 4.69) is 20.4 Å². The molecule has 1 fully saturated rings. The summed E-state index contributed by atoms with van der Waals surface area (Å²) in [6.45, 7) is 1.68. The Labute approximate surface area is 246 Å². The summed E-state index contributed by atoms with van der Waals surface area (Å²) >= 11 is 6.37. The fraction of sp³-hybridized carbons (Fsp3) is 0.300. The van der Waals surface area contributed by atoms with Gasteiger partial charge in [-0.3, -0.25) is 24.1 Å². The van der Waals surface area contributed by atoms with Crippen LogP contribution in [0.2, 0.25) is 5.02 Å². The number of fused-ring (bicyclic) bond motifs is 1. The SMILES string of the molecule is COc1cn(C(CC2COCCO2)C(=O)Nc2ccc3nccnc3c2)c(=O)cc1-c1cc(Cl)ccc1C1=NOCC1. The van der Waals surface area contributed by atoms with E-state index in [4.69, 9.17) is 30.6 Å². The molecule has 1 saturated heterocycles. The second kappa shape index (κ2) is 12.3. The highest BCUT2D eigenvalue weighted by Crippen LogP contribution is 2.35. The number of pyridine rings is 1. The lowest BCUT2D eigenvalue weighted by Crippen LogP contribution is -2.38. The predicted octanol–water partition coefficient (Wildman–Crippen LogP) is 4.23. The van der Waals surface area contributed by atoms with Gasteiger partial charge < -0.3 is 24.4 Å². The number of halogens is 1. The van der Waals surface area contributed by atoms with Gasteiger partial charge in [0.25, 0.3) is 5.56 Å². The zero-order chi connectivity index (χ0) is 29.1. The molecule has 2 aromatic heterocycles. The molecule has 6 rings (SSSR count). The molecule has 2 unspecified atom stereocenters. The number of carbonyl (C=O) groups excluding carboxylic acids is 1. The number of nitrogens with zero attached hydrogens (tertiary/aromatic N) is 4. The van der Waals surface area contributed by atoms with Crippen LogP contribution in [0.15, 0.2) is 71.0 Å². The molecule has 2 aliphatic rings. The van der Waals surface area contributed by atoms with Gasteiger partial charge in [-0.2, -0.15) is 0 Å². The van der Waals surface area contributed by atoms with E-state index in [1.165, 1.54) is 17.7 Å². The van der Waals surface area contributed by atoms with Gasteiger partial charge in [0.1, 0.15) is 18.4 Å². The van der Waals surface area contributed by atoms with Crippen LogP contribution >= 0.6 is 11.6 Å². The van der Waals surface area contributed by atoms with E-state index in [1.54, 1.807) is 48.9 Å². The molecule has 0 aliphatic carbocycles. The first-order valence-electron chi connectivity index (χ1n) is 13.5. The fourth-order valence-electron chi connectivity index (χ4n) is 5.17. The molecule has 0 bridgehead atoms. The summed E-state index contributed by atoms with van der Waals surface area (Å²) in [5.41, 5.74) is 4.20. The Morgan fingerprint density at radius 3 is 2.69 bits per heavy atom. The molecule has 2 aliphatic heterocycles. The summed E-state index contributed by atoms with van der Waals surface area (Å²) < 4.78 is 18.6. The van der Waals surface area contributed by atoms with Crippen molar-refractivity contribution in [3.05, 3.63) is 82.0 Å². The highest BCUT2D eigenvalue weighted by Gasteiger charge is 2.29. The largest absolute Gasteiger partial charge is 0.495 e. The number of nitrogens with one attached hydrogen (secondary N) is 1. The maximum atomic E-state index is 13.8. The number of aromatic nitrogens is 3.